The summed E-state index contributed by atoms with van der Waals surface area (Å²) in [6.45, 7) is 3.23. The molecule has 0 amide bonds. The maximum Gasteiger partial charge on any atom is 0.248 e. The summed E-state index contributed by atoms with van der Waals surface area (Å²) in [5, 5.41) is 3.64. The fraction of sp³-hybridized carbons (Fsp3) is 0.700. The zero-order valence-electron chi connectivity index (χ0n) is 11.1. The molecule has 1 heterocycles. The van der Waals surface area contributed by atoms with Crippen molar-refractivity contribution in [2.75, 3.05) is 27.8 Å². The average Bonchev–Trinajstić information content (AvgIpc) is 2.65. The molecular formula is C10H18N2O5S. The largest absolute Gasteiger partial charge is 0.360 e. The molecule has 1 rings (SSSR count). The lowest BCUT2D eigenvalue weighted by molar-refractivity contribution is -0.106. The Labute approximate surface area is 107 Å². The van der Waals surface area contributed by atoms with Crippen LogP contribution in [0.15, 0.2) is 9.42 Å². The number of aryl methyl sites for hydroxylation is 2. The number of nitrogens with zero attached hydrogens (tertiary/aromatic N) is 2. The van der Waals surface area contributed by atoms with Crippen LogP contribution >= 0.6 is 0 Å². The number of ether oxygens (including phenoxy) is 2. The van der Waals surface area contributed by atoms with Crippen LogP contribution in [0.25, 0.3) is 0 Å². The van der Waals surface area contributed by atoms with E-state index in [1.807, 2.05) is 0 Å². The molecule has 1 aromatic rings. The highest BCUT2D eigenvalue weighted by Crippen LogP contribution is 2.22. The van der Waals surface area contributed by atoms with Crippen LogP contribution < -0.4 is 0 Å². The second kappa shape index (κ2) is 5.79. The van der Waals surface area contributed by atoms with E-state index in [2.05, 4.69) is 5.16 Å². The molecule has 0 spiro atoms. The van der Waals surface area contributed by atoms with E-state index in [9.17, 15) is 8.42 Å². The summed E-state index contributed by atoms with van der Waals surface area (Å²) in [7, 11) is 0.693. The third-order valence-electron chi connectivity index (χ3n) is 2.57. The molecule has 18 heavy (non-hydrogen) atoms. The van der Waals surface area contributed by atoms with Crippen molar-refractivity contribution in [3.05, 3.63) is 11.5 Å². The Bertz CT molecular complexity index is 473. The molecule has 0 aliphatic carbocycles. The van der Waals surface area contributed by atoms with Crippen molar-refractivity contribution < 1.29 is 22.4 Å². The van der Waals surface area contributed by atoms with Gasteiger partial charge in [0, 0.05) is 21.3 Å². The van der Waals surface area contributed by atoms with Crippen LogP contribution in [0.5, 0.6) is 0 Å². The van der Waals surface area contributed by atoms with Gasteiger partial charge in [-0.2, -0.15) is 4.31 Å². The maximum atomic E-state index is 12.3. The molecule has 0 radical (unpaired) electrons. The van der Waals surface area contributed by atoms with Gasteiger partial charge in [-0.05, 0) is 13.8 Å². The zero-order valence-corrected chi connectivity index (χ0v) is 11.9. The van der Waals surface area contributed by atoms with Gasteiger partial charge in [0.1, 0.15) is 10.6 Å². The summed E-state index contributed by atoms with van der Waals surface area (Å²) < 4.78 is 40.6. The topological polar surface area (TPSA) is 81.9 Å². The Morgan fingerprint density at radius 1 is 1.33 bits per heavy atom. The highest BCUT2D eigenvalue weighted by molar-refractivity contribution is 7.89. The zero-order chi connectivity index (χ0) is 13.9. The Balaban J connectivity index is 3.00. The molecule has 0 N–H and O–H groups in total. The lowest BCUT2D eigenvalue weighted by atomic mass is 10.4. The van der Waals surface area contributed by atoms with Gasteiger partial charge in [-0.1, -0.05) is 5.16 Å². The summed E-state index contributed by atoms with van der Waals surface area (Å²) in [6.07, 6.45) is -0.620. The molecule has 0 aromatic carbocycles. The van der Waals surface area contributed by atoms with E-state index < -0.39 is 16.3 Å². The van der Waals surface area contributed by atoms with E-state index in [0.29, 0.717) is 5.69 Å². The van der Waals surface area contributed by atoms with Crippen LogP contribution in [0.3, 0.4) is 0 Å². The van der Waals surface area contributed by atoms with Crippen LogP contribution in [-0.4, -0.2) is 52.0 Å². The van der Waals surface area contributed by atoms with Gasteiger partial charge >= 0.3 is 0 Å². The third-order valence-corrected chi connectivity index (χ3v) is 4.64. The minimum absolute atomic E-state index is 0.0827. The molecule has 0 bridgehead atoms. The molecule has 7 nitrogen and oxygen atoms in total. The van der Waals surface area contributed by atoms with Gasteiger partial charge in [0.25, 0.3) is 0 Å². The lowest BCUT2D eigenvalue weighted by Gasteiger charge is -2.21. The molecule has 0 atom stereocenters. The van der Waals surface area contributed by atoms with Crippen molar-refractivity contribution >= 4 is 10.0 Å². The molecule has 8 heteroatoms. The third kappa shape index (κ3) is 2.89. The lowest BCUT2D eigenvalue weighted by Crippen LogP contribution is -2.36. The molecule has 0 unspecified atom stereocenters. The van der Waals surface area contributed by atoms with E-state index in [1.165, 1.54) is 21.3 Å². The smallest absolute Gasteiger partial charge is 0.248 e. The molecule has 0 fully saturated rings. The van der Waals surface area contributed by atoms with Crippen molar-refractivity contribution in [2.24, 2.45) is 0 Å². The fourth-order valence-corrected chi connectivity index (χ4v) is 2.99. The molecule has 0 saturated carbocycles. The first-order chi connectivity index (χ1) is 8.34. The first-order valence-electron chi connectivity index (χ1n) is 5.29. The van der Waals surface area contributed by atoms with Crippen molar-refractivity contribution in [3.8, 4) is 0 Å². The van der Waals surface area contributed by atoms with Crippen molar-refractivity contribution in [3.63, 3.8) is 0 Å². The highest BCUT2D eigenvalue weighted by Gasteiger charge is 2.30. The van der Waals surface area contributed by atoms with Crippen LogP contribution in [-0.2, 0) is 19.5 Å². The van der Waals surface area contributed by atoms with Gasteiger partial charge in [-0.15, -0.1) is 0 Å². The number of hydrogen-bond donors (Lipinski definition) is 0. The highest BCUT2D eigenvalue weighted by atomic mass is 32.2. The Morgan fingerprint density at radius 3 is 2.28 bits per heavy atom. The molecular weight excluding hydrogens is 260 g/mol. The summed E-state index contributed by atoms with van der Waals surface area (Å²) in [6, 6.07) is 0. The summed E-state index contributed by atoms with van der Waals surface area (Å²) in [5.74, 6) is 0.269. The SMILES string of the molecule is COC(CN(C)S(=O)(=O)c1c(C)noc1C)OC. The van der Waals surface area contributed by atoms with Gasteiger partial charge in [0.2, 0.25) is 10.0 Å². The van der Waals surface area contributed by atoms with E-state index in [0.717, 1.165) is 4.31 Å². The minimum Gasteiger partial charge on any atom is -0.360 e. The number of hydrogen-bond acceptors (Lipinski definition) is 6. The summed E-state index contributed by atoms with van der Waals surface area (Å²) >= 11 is 0. The van der Waals surface area contributed by atoms with E-state index >= 15 is 0 Å². The van der Waals surface area contributed by atoms with Crippen molar-refractivity contribution in [1.82, 2.24) is 9.46 Å². The molecule has 0 aliphatic heterocycles. The number of aromatic nitrogens is 1. The van der Waals surface area contributed by atoms with Gasteiger partial charge in [-0.25, -0.2) is 8.42 Å². The number of methoxy groups -OCH3 is 2. The first-order valence-corrected chi connectivity index (χ1v) is 6.73. The Kier molecular flexibility index (Phi) is 4.85. The van der Waals surface area contributed by atoms with Gasteiger partial charge in [0.15, 0.2) is 12.1 Å². The minimum atomic E-state index is -3.66. The molecule has 104 valence electrons. The monoisotopic (exact) mass is 278 g/mol. The van der Waals surface area contributed by atoms with Crippen LogP contribution in [0, 0.1) is 13.8 Å². The maximum absolute atomic E-state index is 12.3. The van der Waals surface area contributed by atoms with E-state index in [1.54, 1.807) is 13.8 Å². The predicted molar refractivity (Wildman–Crippen MR) is 63.6 cm³/mol. The normalized spacial score (nSPS) is 12.6. The summed E-state index contributed by atoms with van der Waals surface area (Å²) in [5.41, 5.74) is 0.339. The quantitative estimate of drug-likeness (QED) is 0.706. The van der Waals surface area contributed by atoms with Crippen molar-refractivity contribution in [2.45, 2.75) is 25.0 Å². The second-order valence-corrected chi connectivity index (χ2v) is 5.82. The Hall–Kier alpha value is -0.960. The first kappa shape index (κ1) is 15.1. The molecule has 0 saturated heterocycles. The number of likely N-dealkylation sites (N-methyl/N-ethyl adjacent to an activating group) is 1. The van der Waals surface area contributed by atoms with Gasteiger partial charge in [-0.3, -0.25) is 0 Å². The fourth-order valence-electron chi connectivity index (χ4n) is 1.55. The molecule has 0 aliphatic rings. The van der Waals surface area contributed by atoms with Crippen LogP contribution in [0.1, 0.15) is 11.5 Å². The van der Waals surface area contributed by atoms with E-state index in [-0.39, 0.29) is 17.2 Å². The number of sulfonamides is 1. The van der Waals surface area contributed by atoms with Crippen LogP contribution in [0.2, 0.25) is 0 Å². The summed E-state index contributed by atoms with van der Waals surface area (Å²) in [4.78, 5) is 0.0935. The standard InChI is InChI=1S/C10H18N2O5S/c1-7-10(8(2)17-11-7)18(13,14)12(3)6-9(15-4)16-5/h9H,6H2,1-5H3. The van der Waals surface area contributed by atoms with Gasteiger partial charge in [0.05, 0.1) is 6.54 Å². The van der Waals surface area contributed by atoms with Gasteiger partial charge < -0.3 is 14.0 Å². The van der Waals surface area contributed by atoms with Crippen LogP contribution in [0.4, 0.5) is 0 Å². The van der Waals surface area contributed by atoms with E-state index in [4.69, 9.17) is 14.0 Å². The average molecular weight is 278 g/mol. The molecule has 1 aromatic heterocycles. The Morgan fingerprint density at radius 2 is 1.89 bits per heavy atom. The van der Waals surface area contributed by atoms with Crippen molar-refractivity contribution in [1.29, 1.82) is 0 Å². The predicted octanol–water partition coefficient (Wildman–Crippen LogP) is 0.531. The second-order valence-electron chi connectivity index (χ2n) is 3.84. The number of rotatable bonds is 6.